The van der Waals surface area contributed by atoms with E-state index in [1.807, 2.05) is 32.9 Å². The minimum Gasteiger partial charge on any atom is -0.507 e. The predicted octanol–water partition coefficient (Wildman–Crippen LogP) is 4.82. The topological polar surface area (TPSA) is 98.2 Å². The average Bonchev–Trinajstić information content (AvgIpc) is 3.41. The van der Waals surface area contributed by atoms with Gasteiger partial charge in [0.25, 0.3) is 11.7 Å². The van der Waals surface area contributed by atoms with Gasteiger partial charge in [0.1, 0.15) is 17.6 Å². The van der Waals surface area contributed by atoms with Gasteiger partial charge in [0.05, 0.1) is 24.8 Å². The van der Waals surface area contributed by atoms with Crippen LogP contribution in [0.1, 0.15) is 49.1 Å². The van der Waals surface area contributed by atoms with Crippen molar-refractivity contribution >= 4 is 17.4 Å². The lowest BCUT2D eigenvalue weighted by Gasteiger charge is -2.26. The van der Waals surface area contributed by atoms with Crippen molar-refractivity contribution in [3.63, 3.8) is 0 Å². The van der Waals surface area contributed by atoms with Gasteiger partial charge in [-0.1, -0.05) is 12.1 Å². The largest absolute Gasteiger partial charge is 0.507 e. The molecular formula is C30H30N2O6. The monoisotopic (exact) mass is 514 g/mol. The molecule has 0 spiro atoms. The van der Waals surface area contributed by atoms with E-state index in [0.29, 0.717) is 42.3 Å². The number of amides is 1. The fourth-order valence-corrected chi connectivity index (χ4v) is 5.04. The number of aliphatic hydroxyl groups excluding tert-OH is 1. The van der Waals surface area contributed by atoms with E-state index in [4.69, 9.17) is 14.2 Å². The first kappa shape index (κ1) is 25.3. The summed E-state index contributed by atoms with van der Waals surface area (Å²) in [7, 11) is 0. The second-order valence-corrected chi connectivity index (χ2v) is 9.32. The number of aliphatic hydroxyl groups is 1. The van der Waals surface area contributed by atoms with Gasteiger partial charge in [0.15, 0.2) is 11.5 Å². The molecule has 3 heterocycles. The lowest BCUT2D eigenvalue weighted by atomic mass is 9.94. The molecule has 5 rings (SSSR count). The van der Waals surface area contributed by atoms with E-state index in [9.17, 15) is 14.7 Å². The normalized spacial score (nSPS) is 19.8. The number of Topliss-reactive ketones (excluding diaryl/α,β-unsaturated/α-hetero) is 1. The number of aromatic nitrogens is 1. The third-order valence-electron chi connectivity index (χ3n) is 6.67. The lowest BCUT2D eigenvalue weighted by molar-refractivity contribution is -0.140. The molecule has 1 aromatic heterocycles. The van der Waals surface area contributed by atoms with Crippen molar-refractivity contribution < 1.29 is 28.9 Å². The molecule has 0 aliphatic carbocycles. The van der Waals surface area contributed by atoms with Crippen LogP contribution in [-0.2, 0) is 22.6 Å². The van der Waals surface area contributed by atoms with Crippen LogP contribution in [0.3, 0.4) is 0 Å². The molecule has 196 valence electrons. The summed E-state index contributed by atoms with van der Waals surface area (Å²) in [5, 5.41) is 11.5. The van der Waals surface area contributed by atoms with Gasteiger partial charge in [-0.2, -0.15) is 0 Å². The van der Waals surface area contributed by atoms with Crippen molar-refractivity contribution in [2.75, 3.05) is 13.2 Å². The number of hydrogen-bond donors (Lipinski definition) is 1. The van der Waals surface area contributed by atoms with Gasteiger partial charge in [0, 0.05) is 30.9 Å². The fourth-order valence-electron chi connectivity index (χ4n) is 5.04. The predicted molar refractivity (Wildman–Crippen MR) is 141 cm³/mol. The van der Waals surface area contributed by atoms with E-state index in [1.165, 1.54) is 4.90 Å². The molecule has 8 heteroatoms. The molecule has 0 bridgehead atoms. The first-order valence-corrected chi connectivity index (χ1v) is 12.8. The van der Waals surface area contributed by atoms with Crippen LogP contribution in [0.2, 0.25) is 0 Å². The van der Waals surface area contributed by atoms with Crippen LogP contribution in [0.5, 0.6) is 17.2 Å². The number of carbonyl (C=O) groups is 2. The summed E-state index contributed by atoms with van der Waals surface area (Å²) in [5.74, 6) is 0.169. The summed E-state index contributed by atoms with van der Waals surface area (Å²) in [6.45, 7) is 6.75. The Morgan fingerprint density at radius 2 is 1.87 bits per heavy atom. The van der Waals surface area contributed by atoms with Crippen molar-refractivity contribution in [2.24, 2.45) is 0 Å². The first-order chi connectivity index (χ1) is 18.4. The summed E-state index contributed by atoms with van der Waals surface area (Å²) in [6, 6.07) is 13.4. The van der Waals surface area contributed by atoms with Crippen LogP contribution < -0.4 is 14.2 Å². The molecule has 1 N–H and O–H groups in total. The molecule has 3 aromatic rings. The zero-order valence-corrected chi connectivity index (χ0v) is 21.6. The van der Waals surface area contributed by atoms with E-state index in [0.717, 1.165) is 16.9 Å². The number of rotatable bonds is 8. The van der Waals surface area contributed by atoms with E-state index in [2.05, 4.69) is 4.98 Å². The molecule has 2 aromatic carbocycles. The Kier molecular flexibility index (Phi) is 7.05. The molecule has 0 radical (unpaired) electrons. The fraction of sp³-hybridized carbons (Fsp3) is 0.300. The summed E-state index contributed by atoms with van der Waals surface area (Å²) in [5.41, 5.74) is 2.82. The first-order valence-electron chi connectivity index (χ1n) is 12.8. The molecule has 38 heavy (non-hydrogen) atoms. The molecule has 1 amide bonds. The van der Waals surface area contributed by atoms with Gasteiger partial charge >= 0.3 is 0 Å². The van der Waals surface area contributed by atoms with Crippen LogP contribution in [0.15, 0.2) is 66.5 Å². The van der Waals surface area contributed by atoms with E-state index < -0.39 is 17.7 Å². The van der Waals surface area contributed by atoms with Crippen molar-refractivity contribution in [1.82, 2.24) is 9.88 Å². The number of ketones is 1. The molecule has 2 aliphatic rings. The Hall–Kier alpha value is -4.33. The van der Waals surface area contributed by atoms with Crippen molar-refractivity contribution in [3.8, 4) is 17.2 Å². The molecular weight excluding hydrogens is 484 g/mol. The Morgan fingerprint density at radius 1 is 1.08 bits per heavy atom. The smallest absolute Gasteiger partial charge is 0.295 e. The average molecular weight is 515 g/mol. The third kappa shape index (κ3) is 4.69. The summed E-state index contributed by atoms with van der Waals surface area (Å²) in [6.07, 6.45) is 4.04. The maximum absolute atomic E-state index is 13.5. The standard InChI is InChI=1S/C30H30N2O6/c1-4-36-24-11-8-20(15-25(24)37-5-2)27-26(28(33)21-9-10-23-22(14-21)13-18(3)38-23)29(34)30(35)32(27)17-19-7-6-12-31-16-19/h6-12,14-16,18,27,33H,4-5,13,17H2,1-3H3/b28-26+/t18-,27-/m0/s1. The second-order valence-electron chi connectivity index (χ2n) is 9.32. The number of fused-ring (bicyclic) bond motifs is 1. The minimum atomic E-state index is -0.839. The molecule has 1 saturated heterocycles. The molecule has 2 aliphatic heterocycles. The number of ether oxygens (including phenoxy) is 3. The van der Waals surface area contributed by atoms with Crippen LogP contribution in [-0.4, -0.2) is 46.0 Å². The quantitative estimate of drug-likeness (QED) is 0.261. The Balaban J connectivity index is 1.65. The number of carbonyl (C=O) groups excluding carboxylic acids is 2. The zero-order chi connectivity index (χ0) is 26.8. The summed E-state index contributed by atoms with van der Waals surface area (Å²) >= 11 is 0. The maximum atomic E-state index is 13.5. The lowest BCUT2D eigenvalue weighted by Crippen LogP contribution is -2.29. The Labute approximate surface area is 221 Å². The van der Waals surface area contributed by atoms with Crippen molar-refractivity contribution in [2.45, 2.75) is 45.9 Å². The number of likely N-dealkylation sites (tertiary alicyclic amines) is 1. The van der Waals surface area contributed by atoms with E-state index in [-0.39, 0.29) is 24.0 Å². The minimum absolute atomic E-state index is 0.0254. The number of nitrogens with zero attached hydrogens (tertiary/aromatic N) is 2. The van der Waals surface area contributed by atoms with Crippen molar-refractivity contribution in [3.05, 3.63) is 88.8 Å². The van der Waals surface area contributed by atoms with Crippen LogP contribution in [0.4, 0.5) is 0 Å². The van der Waals surface area contributed by atoms with Gasteiger partial charge in [-0.15, -0.1) is 0 Å². The van der Waals surface area contributed by atoms with Gasteiger partial charge in [-0.25, -0.2) is 0 Å². The van der Waals surface area contributed by atoms with Crippen molar-refractivity contribution in [1.29, 1.82) is 0 Å². The van der Waals surface area contributed by atoms with Crippen LogP contribution in [0, 0.1) is 0 Å². The third-order valence-corrected chi connectivity index (χ3v) is 6.67. The van der Waals surface area contributed by atoms with Gasteiger partial charge < -0.3 is 24.2 Å². The van der Waals surface area contributed by atoms with Crippen LogP contribution in [0.25, 0.3) is 5.76 Å². The molecule has 1 fully saturated rings. The maximum Gasteiger partial charge on any atom is 0.295 e. The molecule has 0 unspecified atom stereocenters. The van der Waals surface area contributed by atoms with Crippen LogP contribution >= 0.6 is 0 Å². The highest BCUT2D eigenvalue weighted by molar-refractivity contribution is 6.46. The Morgan fingerprint density at radius 3 is 2.61 bits per heavy atom. The molecule has 0 saturated carbocycles. The second kappa shape index (κ2) is 10.6. The number of hydrogen-bond acceptors (Lipinski definition) is 7. The highest BCUT2D eigenvalue weighted by Gasteiger charge is 2.46. The van der Waals surface area contributed by atoms with Gasteiger partial charge in [-0.05, 0) is 73.9 Å². The highest BCUT2D eigenvalue weighted by Crippen LogP contribution is 2.43. The van der Waals surface area contributed by atoms with Gasteiger partial charge in [-0.3, -0.25) is 14.6 Å². The van der Waals surface area contributed by atoms with Gasteiger partial charge in [0.2, 0.25) is 0 Å². The van der Waals surface area contributed by atoms with E-state index in [1.54, 1.807) is 48.8 Å². The zero-order valence-electron chi connectivity index (χ0n) is 21.6. The van der Waals surface area contributed by atoms with E-state index >= 15 is 0 Å². The SMILES string of the molecule is CCOc1ccc([C@H]2/C(=C(\O)c3ccc4c(c3)C[C@H](C)O4)C(=O)C(=O)N2Cc2cccnc2)cc1OCC. The summed E-state index contributed by atoms with van der Waals surface area (Å²) < 4.78 is 17.3. The number of benzene rings is 2. The Bertz CT molecular complexity index is 1400. The molecule has 8 nitrogen and oxygen atoms in total. The highest BCUT2D eigenvalue weighted by atomic mass is 16.5. The summed E-state index contributed by atoms with van der Waals surface area (Å²) in [4.78, 5) is 32.5. The molecule has 2 atom stereocenters. The number of pyridine rings is 1.